The number of nitrogens with one attached hydrogen (secondary N) is 1. The van der Waals surface area contributed by atoms with E-state index in [1.807, 2.05) is 7.05 Å². The molecule has 0 aromatic heterocycles. The van der Waals surface area contributed by atoms with Gasteiger partial charge in [0, 0.05) is 0 Å². The smallest absolute Gasteiger partial charge is 0.00160 e. The highest BCUT2D eigenvalue weighted by molar-refractivity contribution is 5.15. The number of hydrogen-bond acceptors (Lipinski definition) is 2. The molecule has 1 saturated heterocycles. The van der Waals surface area contributed by atoms with Crippen LogP contribution in [0.4, 0.5) is 0 Å². The monoisotopic (exact) mass is 274 g/mol. The highest BCUT2D eigenvalue weighted by atomic mass is 15.1. The van der Waals surface area contributed by atoms with Crippen LogP contribution in [-0.2, 0) is 6.42 Å². The Kier molecular flexibility index (Phi) is 7.10. The topological polar surface area (TPSA) is 15.3 Å². The third kappa shape index (κ3) is 5.64. The largest absolute Gasteiger partial charge is 0.320 e. The average Bonchev–Trinajstić information content (AvgIpc) is 2.50. The lowest BCUT2D eigenvalue weighted by molar-refractivity contribution is 0.181. The van der Waals surface area contributed by atoms with Gasteiger partial charge in [-0.1, -0.05) is 36.8 Å². The van der Waals surface area contributed by atoms with Crippen LogP contribution in [0.25, 0.3) is 0 Å². The van der Waals surface area contributed by atoms with Crippen molar-refractivity contribution in [3.05, 3.63) is 35.9 Å². The van der Waals surface area contributed by atoms with E-state index < -0.39 is 0 Å². The first-order chi connectivity index (χ1) is 9.88. The SMILES string of the molecule is CNCCCCCN1CCC(Cc2ccccc2)CC1. The van der Waals surface area contributed by atoms with Crippen LogP contribution in [0.5, 0.6) is 0 Å². The molecule has 1 N–H and O–H groups in total. The van der Waals surface area contributed by atoms with Crippen molar-refractivity contribution in [2.75, 3.05) is 33.2 Å². The maximum atomic E-state index is 3.22. The fraction of sp³-hybridized carbons (Fsp3) is 0.667. The molecule has 112 valence electrons. The lowest BCUT2D eigenvalue weighted by Gasteiger charge is -2.32. The minimum absolute atomic E-state index is 0.901. The van der Waals surface area contributed by atoms with E-state index in [1.54, 1.807) is 0 Å². The van der Waals surface area contributed by atoms with E-state index in [0.717, 1.165) is 5.92 Å². The van der Waals surface area contributed by atoms with Gasteiger partial charge in [0.25, 0.3) is 0 Å². The first kappa shape index (κ1) is 15.5. The van der Waals surface area contributed by atoms with Gasteiger partial charge in [0.15, 0.2) is 0 Å². The molecule has 0 bridgehead atoms. The second kappa shape index (κ2) is 9.15. The summed E-state index contributed by atoms with van der Waals surface area (Å²) in [5, 5.41) is 3.22. The fourth-order valence-electron chi connectivity index (χ4n) is 3.18. The maximum absolute atomic E-state index is 3.22. The standard InChI is InChI=1S/C18H30N2/c1-19-12-6-3-7-13-20-14-10-18(11-15-20)16-17-8-4-2-5-9-17/h2,4-5,8-9,18-19H,3,6-7,10-16H2,1H3. The zero-order valence-electron chi connectivity index (χ0n) is 13.0. The second-order valence-corrected chi connectivity index (χ2v) is 6.14. The summed E-state index contributed by atoms with van der Waals surface area (Å²) in [4.78, 5) is 2.67. The van der Waals surface area contributed by atoms with Crippen molar-refractivity contribution < 1.29 is 0 Å². The molecule has 0 unspecified atom stereocenters. The summed E-state index contributed by atoms with van der Waals surface area (Å²) in [5.74, 6) is 0.901. The molecule has 1 aliphatic rings. The molecule has 0 aliphatic carbocycles. The minimum atomic E-state index is 0.901. The molecule has 1 aliphatic heterocycles. The minimum Gasteiger partial charge on any atom is -0.320 e. The number of unbranched alkanes of at least 4 members (excludes halogenated alkanes) is 2. The molecule has 2 rings (SSSR count). The molecular formula is C18H30N2. The molecule has 1 fully saturated rings. The molecule has 2 heteroatoms. The third-order valence-corrected chi connectivity index (χ3v) is 4.48. The van der Waals surface area contributed by atoms with Crippen LogP contribution in [0.3, 0.4) is 0 Å². The van der Waals surface area contributed by atoms with E-state index in [4.69, 9.17) is 0 Å². The first-order valence-corrected chi connectivity index (χ1v) is 8.29. The summed E-state index contributed by atoms with van der Waals surface area (Å²) in [5.41, 5.74) is 1.51. The lowest BCUT2D eigenvalue weighted by atomic mass is 9.90. The van der Waals surface area contributed by atoms with Crippen LogP contribution in [0.15, 0.2) is 30.3 Å². The van der Waals surface area contributed by atoms with E-state index in [2.05, 4.69) is 40.5 Å². The molecule has 0 radical (unpaired) electrons. The first-order valence-electron chi connectivity index (χ1n) is 8.29. The molecule has 0 saturated carbocycles. The van der Waals surface area contributed by atoms with E-state index in [1.165, 1.54) is 70.3 Å². The van der Waals surface area contributed by atoms with Crippen LogP contribution < -0.4 is 5.32 Å². The summed E-state index contributed by atoms with van der Waals surface area (Å²) in [6.07, 6.45) is 8.09. The zero-order chi connectivity index (χ0) is 14.0. The Hall–Kier alpha value is -0.860. The molecule has 20 heavy (non-hydrogen) atoms. The van der Waals surface area contributed by atoms with Crippen molar-refractivity contribution in [1.82, 2.24) is 10.2 Å². The number of benzene rings is 1. The van der Waals surface area contributed by atoms with Crippen molar-refractivity contribution in [3.63, 3.8) is 0 Å². The predicted molar refractivity (Wildman–Crippen MR) is 87.1 cm³/mol. The summed E-state index contributed by atoms with van der Waals surface area (Å²) >= 11 is 0. The summed E-state index contributed by atoms with van der Waals surface area (Å²) < 4.78 is 0. The van der Waals surface area contributed by atoms with E-state index >= 15 is 0 Å². The lowest BCUT2D eigenvalue weighted by Crippen LogP contribution is -2.35. The molecule has 2 nitrogen and oxygen atoms in total. The van der Waals surface area contributed by atoms with Crippen LogP contribution in [0.1, 0.15) is 37.7 Å². The van der Waals surface area contributed by atoms with Gasteiger partial charge in [-0.2, -0.15) is 0 Å². The number of piperidine rings is 1. The Labute approximate surface area is 124 Å². The normalized spacial score (nSPS) is 17.4. The molecule has 0 amide bonds. The maximum Gasteiger partial charge on any atom is -0.00160 e. The highest BCUT2D eigenvalue weighted by Crippen LogP contribution is 2.21. The van der Waals surface area contributed by atoms with Crippen LogP contribution in [-0.4, -0.2) is 38.1 Å². The van der Waals surface area contributed by atoms with Crippen molar-refractivity contribution in [2.24, 2.45) is 5.92 Å². The summed E-state index contributed by atoms with van der Waals surface area (Å²) in [7, 11) is 2.04. The van der Waals surface area contributed by atoms with Gasteiger partial charge in [-0.25, -0.2) is 0 Å². The van der Waals surface area contributed by atoms with Gasteiger partial charge in [0.1, 0.15) is 0 Å². The summed E-state index contributed by atoms with van der Waals surface area (Å²) in [6, 6.07) is 11.0. The van der Waals surface area contributed by atoms with Crippen LogP contribution in [0, 0.1) is 5.92 Å². The Morgan fingerprint density at radius 2 is 1.80 bits per heavy atom. The molecular weight excluding hydrogens is 244 g/mol. The van der Waals surface area contributed by atoms with Crippen molar-refractivity contribution >= 4 is 0 Å². The Balaban J connectivity index is 1.58. The Morgan fingerprint density at radius 3 is 2.50 bits per heavy atom. The van der Waals surface area contributed by atoms with Gasteiger partial charge in [-0.3, -0.25) is 0 Å². The Bertz CT molecular complexity index is 342. The zero-order valence-corrected chi connectivity index (χ0v) is 13.0. The molecule has 1 aromatic rings. The number of hydrogen-bond donors (Lipinski definition) is 1. The number of likely N-dealkylation sites (tertiary alicyclic amines) is 1. The number of rotatable bonds is 8. The van der Waals surface area contributed by atoms with E-state index in [9.17, 15) is 0 Å². The number of nitrogens with zero attached hydrogens (tertiary/aromatic N) is 1. The average molecular weight is 274 g/mol. The van der Waals surface area contributed by atoms with Crippen molar-refractivity contribution in [2.45, 2.75) is 38.5 Å². The van der Waals surface area contributed by atoms with Gasteiger partial charge < -0.3 is 10.2 Å². The van der Waals surface area contributed by atoms with Crippen LogP contribution >= 0.6 is 0 Å². The highest BCUT2D eigenvalue weighted by Gasteiger charge is 2.18. The van der Waals surface area contributed by atoms with Crippen molar-refractivity contribution in [3.8, 4) is 0 Å². The summed E-state index contributed by atoms with van der Waals surface area (Å²) in [6.45, 7) is 5.09. The molecule has 0 atom stereocenters. The van der Waals surface area contributed by atoms with Gasteiger partial charge in [0.2, 0.25) is 0 Å². The second-order valence-electron chi connectivity index (χ2n) is 6.14. The van der Waals surface area contributed by atoms with Crippen LogP contribution in [0.2, 0.25) is 0 Å². The van der Waals surface area contributed by atoms with Gasteiger partial charge in [0.05, 0.1) is 0 Å². The van der Waals surface area contributed by atoms with Gasteiger partial charge >= 0.3 is 0 Å². The van der Waals surface area contributed by atoms with Gasteiger partial charge in [-0.05, 0) is 76.8 Å². The third-order valence-electron chi connectivity index (χ3n) is 4.48. The van der Waals surface area contributed by atoms with Gasteiger partial charge in [-0.15, -0.1) is 0 Å². The van der Waals surface area contributed by atoms with E-state index in [-0.39, 0.29) is 0 Å². The molecule has 1 heterocycles. The predicted octanol–water partition coefficient (Wildman–Crippen LogP) is 3.33. The fourth-order valence-corrected chi connectivity index (χ4v) is 3.18. The Morgan fingerprint density at radius 1 is 1.05 bits per heavy atom. The quantitative estimate of drug-likeness (QED) is 0.732. The molecule has 0 spiro atoms. The van der Waals surface area contributed by atoms with E-state index in [0.29, 0.717) is 0 Å². The van der Waals surface area contributed by atoms with Crippen molar-refractivity contribution in [1.29, 1.82) is 0 Å². The molecule has 1 aromatic carbocycles.